The highest BCUT2D eigenvalue weighted by atomic mass is 16.5. The Bertz CT molecular complexity index is 137. The van der Waals surface area contributed by atoms with Crippen LogP contribution in [0.3, 0.4) is 0 Å². The lowest BCUT2D eigenvalue weighted by molar-refractivity contribution is -0.313. The lowest BCUT2D eigenvalue weighted by Crippen LogP contribution is -2.21. The number of hydrogen-bond acceptors (Lipinski definition) is 3. The zero-order valence-corrected chi connectivity index (χ0v) is 4.22. The van der Waals surface area contributed by atoms with Crippen molar-refractivity contribution >= 4 is 5.78 Å². The van der Waals surface area contributed by atoms with Crippen LogP contribution in [0.2, 0.25) is 0 Å². The quantitative estimate of drug-likeness (QED) is 0.397. The normalized spacial score (nSPS) is 20.5. The molecule has 1 rings (SSSR count). The monoisotopic (exact) mass is 113 g/mol. The van der Waals surface area contributed by atoms with Crippen molar-refractivity contribution in [1.82, 2.24) is 0 Å². The topological polar surface area (TPSA) is 49.4 Å². The highest BCUT2D eigenvalue weighted by Crippen LogP contribution is 1.94. The fraction of sp³-hybridized carbons (Fsp3) is 0.400. The zero-order valence-electron chi connectivity index (χ0n) is 4.22. The van der Waals surface area contributed by atoms with Gasteiger partial charge in [0.05, 0.1) is 6.61 Å². The van der Waals surface area contributed by atoms with Crippen molar-refractivity contribution in [2.24, 2.45) is 0 Å². The molecule has 0 unspecified atom stereocenters. The Kier molecular flexibility index (Phi) is 1.30. The second-order valence-corrected chi connectivity index (χ2v) is 1.57. The van der Waals surface area contributed by atoms with Crippen molar-refractivity contribution in [3.8, 4) is 0 Å². The number of carbonyl (C=O) groups excluding carboxylic acids is 1. The van der Waals surface area contributed by atoms with E-state index in [4.69, 9.17) is 0 Å². The molecular weight excluding hydrogens is 108 g/mol. The lowest BCUT2D eigenvalue weighted by Gasteiger charge is -2.15. The summed E-state index contributed by atoms with van der Waals surface area (Å²) < 4.78 is 4.56. The molecule has 0 amide bonds. The van der Waals surface area contributed by atoms with Gasteiger partial charge in [-0.3, -0.25) is 4.79 Å². The second-order valence-electron chi connectivity index (χ2n) is 1.57. The first-order valence-corrected chi connectivity index (χ1v) is 2.27. The van der Waals surface area contributed by atoms with Gasteiger partial charge < -0.3 is 9.84 Å². The largest absolute Gasteiger partial charge is 0.874 e. The van der Waals surface area contributed by atoms with Crippen molar-refractivity contribution in [2.75, 3.05) is 13.2 Å². The van der Waals surface area contributed by atoms with Gasteiger partial charge in [-0.05, 0) is 6.08 Å². The van der Waals surface area contributed by atoms with Gasteiger partial charge >= 0.3 is 0 Å². The van der Waals surface area contributed by atoms with E-state index < -0.39 is 0 Å². The maximum Gasteiger partial charge on any atom is 0.180 e. The van der Waals surface area contributed by atoms with Gasteiger partial charge in [0.2, 0.25) is 0 Å². The van der Waals surface area contributed by atoms with Crippen molar-refractivity contribution in [1.29, 1.82) is 0 Å². The van der Waals surface area contributed by atoms with Gasteiger partial charge in [-0.1, -0.05) is 0 Å². The average Bonchev–Trinajstić information content (AvgIpc) is 1.64. The molecule has 0 spiro atoms. The summed E-state index contributed by atoms with van der Waals surface area (Å²) in [5.74, 6) is -0.470. The second kappa shape index (κ2) is 1.96. The van der Waals surface area contributed by atoms with Crippen LogP contribution < -0.4 is 5.11 Å². The number of hydrogen-bond donors (Lipinski definition) is 0. The number of ether oxygens (including phenoxy) is 1. The molecule has 0 saturated heterocycles. The summed E-state index contributed by atoms with van der Waals surface area (Å²) in [5.41, 5.74) is 0. The third-order valence-electron chi connectivity index (χ3n) is 0.811. The van der Waals surface area contributed by atoms with E-state index in [-0.39, 0.29) is 24.8 Å². The van der Waals surface area contributed by atoms with Gasteiger partial charge in [-0.15, -0.1) is 5.76 Å². The molecule has 0 fully saturated rings. The van der Waals surface area contributed by atoms with Gasteiger partial charge in [-0.25, -0.2) is 0 Å². The van der Waals surface area contributed by atoms with E-state index in [1.54, 1.807) is 0 Å². The van der Waals surface area contributed by atoms with E-state index in [1.807, 2.05) is 0 Å². The summed E-state index contributed by atoms with van der Waals surface area (Å²) in [6.45, 7) is 0.122. The van der Waals surface area contributed by atoms with Crippen LogP contribution in [0, 0.1) is 0 Å². The summed E-state index contributed by atoms with van der Waals surface area (Å²) in [5, 5.41) is 10.3. The predicted octanol–water partition coefficient (Wildman–Crippen LogP) is -1.17. The van der Waals surface area contributed by atoms with Crippen LogP contribution in [-0.2, 0) is 9.53 Å². The van der Waals surface area contributed by atoms with Gasteiger partial charge in [0, 0.05) is 0 Å². The van der Waals surface area contributed by atoms with E-state index in [0.29, 0.717) is 0 Å². The molecular formula is C5H5O3-. The molecule has 1 aliphatic heterocycles. The molecule has 3 nitrogen and oxygen atoms in total. The van der Waals surface area contributed by atoms with E-state index in [0.717, 1.165) is 6.08 Å². The predicted molar refractivity (Wildman–Crippen MR) is 23.9 cm³/mol. The molecule has 0 aromatic carbocycles. The molecule has 1 aliphatic rings. The maximum absolute atomic E-state index is 10.3. The molecule has 1 heterocycles. The highest BCUT2D eigenvalue weighted by Gasteiger charge is 2.01. The number of rotatable bonds is 0. The first-order valence-electron chi connectivity index (χ1n) is 2.27. The standard InChI is InChI=1S/C5H6O3/c6-4-1-5(7)3-8-2-4/h1,6H,2-3H2/p-1. The van der Waals surface area contributed by atoms with Crippen LogP contribution in [-0.4, -0.2) is 19.0 Å². The molecule has 0 aliphatic carbocycles. The van der Waals surface area contributed by atoms with E-state index in [2.05, 4.69) is 4.74 Å². The summed E-state index contributed by atoms with van der Waals surface area (Å²) in [6.07, 6.45) is 1.07. The number of carbonyl (C=O) groups is 1. The summed E-state index contributed by atoms with van der Waals surface area (Å²) >= 11 is 0. The molecule has 0 N–H and O–H groups in total. The molecule has 8 heavy (non-hydrogen) atoms. The Morgan fingerprint density at radius 2 is 2.38 bits per heavy atom. The molecule has 0 radical (unpaired) electrons. The Labute approximate surface area is 46.6 Å². The van der Waals surface area contributed by atoms with Crippen LogP contribution >= 0.6 is 0 Å². The van der Waals surface area contributed by atoms with Crippen LogP contribution in [0.25, 0.3) is 0 Å². The van der Waals surface area contributed by atoms with E-state index >= 15 is 0 Å². The fourth-order valence-corrected chi connectivity index (χ4v) is 0.515. The molecule has 0 aromatic heterocycles. The molecule has 3 heteroatoms. The third-order valence-corrected chi connectivity index (χ3v) is 0.811. The Hall–Kier alpha value is -0.830. The lowest BCUT2D eigenvalue weighted by atomic mass is 10.3. The van der Waals surface area contributed by atoms with Crippen molar-refractivity contribution in [3.05, 3.63) is 11.8 Å². The Morgan fingerprint density at radius 1 is 1.62 bits per heavy atom. The average molecular weight is 113 g/mol. The molecule has 0 bridgehead atoms. The Balaban J connectivity index is 2.64. The third kappa shape index (κ3) is 1.07. The van der Waals surface area contributed by atoms with Crippen LogP contribution in [0.5, 0.6) is 0 Å². The zero-order chi connectivity index (χ0) is 5.98. The van der Waals surface area contributed by atoms with Gasteiger partial charge in [-0.2, -0.15) is 0 Å². The first kappa shape index (κ1) is 5.31. The van der Waals surface area contributed by atoms with Crippen LogP contribution in [0.15, 0.2) is 11.8 Å². The molecule has 44 valence electrons. The summed E-state index contributed by atoms with van der Waals surface area (Å²) in [6, 6.07) is 0. The summed E-state index contributed by atoms with van der Waals surface area (Å²) in [4.78, 5) is 10.3. The summed E-state index contributed by atoms with van der Waals surface area (Å²) in [7, 11) is 0. The van der Waals surface area contributed by atoms with E-state index in [9.17, 15) is 9.90 Å². The SMILES string of the molecule is O=C1C=C([O-])COC1. The van der Waals surface area contributed by atoms with Crippen molar-refractivity contribution in [3.63, 3.8) is 0 Å². The smallest absolute Gasteiger partial charge is 0.180 e. The molecule has 0 aromatic rings. The van der Waals surface area contributed by atoms with E-state index in [1.165, 1.54) is 0 Å². The fourth-order valence-electron chi connectivity index (χ4n) is 0.515. The Morgan fingerprint density at radius 3 is 2.75 bits per heavy atom. The van der Waals surface area contributed by atoms with Crippen LogP contribution in [0.4, 0.5) is 0 Å². The van der Waals surface area contributed by atoms with Crippen molar-refractivity contribution in [2.45, 2.75) is 0 Å². The van der Waals surface area contributed by atoms with Crippen LogP contribution in [0.1, 0.15) is 0 Å². The maximum atomic E-state index is 10.3. The van der Waals surface area contributed by atoms with Gasteiger partial charge in [0.25, 0.3) is 0 Å². The minimum atomic E-state index is -0.235. The van der Waals surface area contributed by atoms with Gasteiger partial charge in [0.15, 0.2) is 5.78 Å². The van der Waals surface area contributed by atoms with Crippen molar-refractivity contribution < 1.29 is 14.6 Å². The minimum absolute atomic E-state index is 0.0612. The first-order chi connectivity index (χ1) is 3.79. The minimum Gasteiger partial charge on any atom is -0.874 e. The molecule has 0 atom stereocenters. The highest BCUT2D eigenvalue weighted by molar-refractivity contribution is 5.91. The molecule has 0 saturated carbocycles. The van der Waals surface area contributed by atoms with Gasteiger partial charge in [0.1, 0.15) is 6.61 Å². The number of ketones is 1.